The molecule has 0 amide bonds. The molecule has 6 heteroatoms. The van der Waals surface area contributed by atoms with E-state index in [1.54, 1.807) is 0 Å². The zero-order chi connectivity index (χ0) is 18.0. The van der Waals surface area contributed by atoms with Gasteiger partial charge >= 0.3 is 0 Å². The Morgan fingerprint density at radius 1 is 1.24 bits per heavy atom. The van der Waals surface area contributed by atoms with Crippen LogP contribution in [0.15, 0.2) is 12.4 Å². The normalized spacial score (nSPS) is 18.4. The maximum Gasteiger partial charge on any atom is 0.125 e. The fourth-order valence-electron chi connectivity index (χ4n) is 3.68. The number of likely N-dealkylation sites (tertiary alicyclic amines) is 1. The predicted octanol–water partition coefficient (Wildman–Crippen LogP) is 2.71. The lowest BCUT2D eigenvalue weighted by molar-refractivity contribution is 0.240. The van der Waals surface area contributed by atoms with E-state index in [0.717, 1.165) is 44.1 Å². The second kappa shape index (κ2) is 7.62. The van der Waals surface area contributed by atoms with Gasteiger partial charge in [0.05, 0.1) is 17.4 Å². The molecule has 0 radical (unpaired) electrons. The number of hydrogen-bond acceptors (Lipinski definition) is 5. The average molecular weight is 342 g/mol. The Kier molecular flexibility index (Phi) is 5.49. The summed E-state index contributed by atoms with van der Waals surface area (Å²) in [5, 5.41) is 4.60. The zero-order valence-electron chi connectivity index (χ0n) is 16.2. The van der Waals surface area contributed by atoms with Gasteiger partial charge in [-0.15, -0.1) is 0 Å². The van der Waals surface area contributed by atoms with Gasteiger partial charge in [-0.05, 0) is 54.3 Å². The van der Waals surface area contributed by atoms with Crippen LogP contribution in [0.2, 0.25) is 0 Å². The Balaban J connectivity index is 1.86. The summed E-state index contributed by atoms with van der Waals surface area (Å²) in [6, 6.07) is 0.376. The van der Waals surface area contributed by atoms with Crippen LogP contribution >= 0.6 is 0 Å². The fraction of sp³-hybridized carbons (Fsp3) is 0.632. The molecule has 0 unspecified atom stereocenters. The summed E-state index contributed by atoms with van der Waals surface area (Å²) < 4.78 is 2.03. The van der Waals surface area contributed by atoms with Gasteiger partial charge in [0.2, 0.25) is 0 Å². The monoisotopic (exact) mass is 342 g/mol. The van der Waals surface area contributed by atoms with Crippen molar-refractivity contribution < 1.29 is 0 Å². The molecule has 0 aliphatic carbocycles. The van der Waals surface area contributed by atoms with Gasteiger partial charge < -0.3 is 4.90 Å². The summed E-state index contributed by atoms with van der Waals surface area (Å²) in [5.74, 6) is 0.860. The maximum atomic E-state index is 4.84. The minimum atomic E-state index is 0.376. The van der Waals surface area contributed by atoms with Crippen molar-refractivity contribution in [2.24, 2.45) is 0 Å². The van der Waals surface area contributed by atoms with Gasteiger partial charge in [0, 0.05) is 43.2 Å². The van der Waals surface area contributed by atoms with Crippen LogP contribution in [0.1, 0.15) is 54.1 Å². The van der Waals surface area contributed by atoms with Crippen LogP contribution in [0, 0.1) is 13.8 Å². The summed E-state index contributed by atoms with van der Waals surface area (Å²) in [7, 11) is 4.19. The van der Waals surface area contributed by atoms with E-state index in [1.165, 1.54) is 23.2 Å². The predicted molar refractivity (Wildman–Crippen MR) is 99.2 cm³/mol. The molecule has 2 aromatic rings. The largest absolute Gasteiger partial charge is 0.305 e. The van der Waals surface area contributed by atoms with Crippen molar-refractivity contribution in [3.63, 3.8) is 0 Å². The lowest BCUT2D eigenvalue weighted by Gasteiger charge is -2.26. The third-order valence-electron chi connectivity index (χ3n) is 4.93. The fourth-order valence-corrected chi connectivity index (χ4v) is 3.68. The molecule has 1 saturated heterocycles. The Morgan fingerprint density at radius 2 is 2.04 bits per heavy atom. The van der Waals surface area contributed by atoms with Crippen LogP contribution in [0.5, 0.6) is 0 Å². The Bertz CT molecular complexity index is 721. The molecule has 0 spiro atoms. The van der Waals surface area contributed by atoms with Crippen LogP contribution in [-0.4, -0.2) is 50.2 Å². The van der Waals surface area contributed by atoms with Crippen molar-refractivity contribution in [2.75, 3.05) is 20.6 Å². The molecule has 0 N–H and O–H groups in total. The van der Waals surface area contributed by atoms with Gasteiger partial charge in [0.1, 0.15) is 5.82 Å². The molecular weight excluding hydrogens is 312 g/mol. The molecule has 1 aliphatic heterocycles. The molecule has 1 fully saturated rings. The number of hydrogen-bond donors (Lipinski definition) is 0. The van der Waals surface area contributed by atoms with Gasteiger partial charge in [-0.25, -0.2) is 9.97 Å². The summed E-state index contributed by atoms with van der Waals surface area (Å²) >= 11 is 0. The molecular formula is C19H30N6. The molecule has 2 aromatic heterocycles. The smallest absolute Gasteiger partial charge is 0.125 e. The van der Waals surface area contributed by atoms with E-state index in [1.807, 2.05) is 17.8 Å². The SMILES string of the molecule is CCn1cc(CN2CCC[C@H]2c2nc(C)ncc2CN(C)C)c(C)n1. The van der Waals surface area contributed by atoms with Crippen molar-refractivity contribution in [3.8, 4) is 0 Å². The highest BCUT2D eigenvalue weighted by atomic mass is 15.3. The van der Waals surface area contributed by atoms with Gasteiger partial charge in [-0.2, -0.15) is 5.10 Å². The number of nitrogens with zero attached hydrogens (tertiary/aromatic N) is 6. The van der Waals surface area contributed by atoms with Gasteiger partial charge in [0.25, 0.3) is 0 Å². The third-order valence-corrected chi connectivity index (χ3v) is 4.93. The lowest BCUT2D eigenvalue weighted by Crippen LogP contribution is -2.26. The van der Waals surface area contributed by atoms with Crippen molar-refractivity contribution in [2.45, 2.75) is 59.3 Å². The number of aromatic nitrogens is 4. The first-order valence-corrected chi connectivity index (χ1v) is 9.22. The third kappa shape index (κ3) is 4.07. The second-order valence-electron chi connectivity index (χ2n) is 7.29. The lowest BCUT2D eigenvalue weighted by atomic mass is 10.0. The minimum Gasteiger partial charge on any atom is -0.305 e. The first-order chi connectivity index (χ1) is 12.0. The number of aryl methyl sites for hydroxylation is 3. The molecule has 136 valence electrons. The molecule has 6 nitrogen and oxygen atoms in total. The topological polar surface area (TPSA) is 50.1 Å². The van der Waals surface area contributed by atoms with E-state index < -0.39 is 0 Å². The molecule has 0 saturated carbocycles. The first-order valence-electron chi connectivity index (χ1n) is 9.22. The van der Waals surface area contributed by atoms with Crippen LogP contribution in [0.4, 0.5) is 0 Å². The zero-order valence-corrected chi connectivity index (χ0v) is 16.2. The first kappa shape index (κ1) is 18.0. The van der Waals surface area contributed by atoms with Crippen LogP contribution < -0.4 is 0 Å². The Labute approximate surface area is 150 Å². The van der Waals surface area contributed by atoms with Crippen LogP contribution in [0.3, 0.4) is 0 Å². The Hall–Kier alpha value is -1.79. The highest BCUT2D eigenvalue weighted by molar-refractivity contribution is 5.23. The van der Waals surface area contributed by atoms with Crippen LogP contribution in [0.25, 0.3) is 0 Å². The molecule has 3 rings (SSSR count). The second-order valence-corrected chi connectivity index (χ2v) is 7.29. The molecule has 25 heavy (non-hydrogen) atoms. The quantitative estimate of drug-likeness (QED) is 0.808. The molecule has 3 heterocycles. The molecule has 1 aliphatic rings. The van der Waals surface area contributed by atoms with E-state index in [0.29, 0.717) is 6.04 Å². The standard InChI is InChI=1S/C19H30N6/c1-6-25-13-17(14(2)22-25)12-24-9-7-8-18(24)19-16(11-23(4)5)10-20-15(3)21-19/h10,13,18H,6-9,11-12H2,1-5H3/t18-/m0/s1. The van der Waals surface area contributed by atoms with Crippen LogP contribution in [-0.2, 0) is 19.6 Å². The molecule has 0 bridgehead atoms. The summed E-state index contributed by atoms with van der Waals surface area (Å²) in [5.41, 5.74) is 4.92. The van der Waals surface area contributed by atoms with Crippen molar-refractivity contribution in [1.82, 2.24) is 29.5 Å². The summed E-state index contributed by atoms with van der Waals surface area (Å²) in [6.07, 6.45) is 6.58. The minimum absolute atomic E-state index is 0.376. The summed E-state index contributed by atoms with van der Waals surface area (Å²) in [4.78, 5) is 14.0. The van der Waals surface area contributed by atoms with E-state index >= 15 is 0 Å². The van der Waals surface area contributed by atoms with E-state index in [-0.39, 0.29) is 0 Å². The van der Waals surface area contributed by atoms with Crippen molar-refractivity contribution in [1.29, 1.82) is 0 Å². The van der Waals surface area contributed by atoms with Gasteiger partial charge in [-0.1, -0.05) is 0 Å². The maximum absolute atomic E-state index is 4.84. The summed E-state index contributed by atoms with van der Waals surface area (Å²) in [6.45, 7) is 10.1. The molecule has 0 aromatic carbocycles. The van der Waals surface area contributed by atoms with E-state index in [2.05, 4.69) is 54.0 Å². The average Bonchev–Trinajstić information content (AvgIpc) is 3.16. The highest BCUT2D eigenvalue weighted by Crippen LogP contribution is 2.34. The van der Waals surface area contributed by atoms with Crippen molar-refractivity contribution in [3.05, 3.63) is 40.7 Å². The van der Waals surface area contributed by atoms with Crippen molar-refractivity contribution >= 4 is 0 Å². The van der Waals surface area contributed by atoms with Gasteiger partial charge in [0.15, 0.2) is 0 Å². The highest BCUT2D eigenvalue weighted by Gasteiger charge is 2.30. The van der Waals surface area contributed by atoms with Gasteiger partial charge in [-0.3, -0.25) is 9.58 Å². The van der Waals surface area contributed by atoms with E-state index in [4.69, 9.17) is 4.98 Å². The molecule has 1 atom stereocenters. The Morgan fingerprint density at radius 3 is 2.72 bits per heavy atom. The van der Waals surface area contributed by atoms with E-state index in [9.17, 15) is 0 Å². The number of rotatable bonds is 6.